The molecule has 0 unspecified atom stereocenters. The molecule has 1 N–H and O–H groups in total. The van der Waals surface area contributed by atoms with E-state index >= 15 is 0 Å². The first-order valence-electron chi connectivity index (χ1n) is 10.4. The number of nitrogens with zero attached hydrogens (tertiary/aromatic N) is 2. The maximum atomic E-state index is 14.6. The Labute approximate surface area is 192 Å². The van der Waals surface area contributed by atoms with Crippen LogP contribution in [0.25, 0.3) is 0 Å². The van der Waals surface area contributed by atoms with Gasteiger partial charge in [-0.2, -0.15) is 4.31 Å². The Morgan fingerprint density at radius 1 is 0.939 bits per heavy atom. The molecule has 172 valence electrons. The monoisotopic (exact) mass is 469 g/mol. The number of amides is 1. The van der Waals surface area contributed by atoms with Gasteiger partial charge in [0.2, 0.25) is 10.0 Å². The lowest BCUT2D eigenvalue weighted by atomic mass is 10.2. The highest BCUT2D eigenvalue weighted by molar-refractivity contribution is 7.89. The summed E-state index contributed by atoms with van der Waals surface area (Å²) in [6, 6.07) is 19.8. The summed E-state index contributed by atoms with van der Waals surface area (Å²) in [5.41, 5.74) is 1.53. The molecule has 1 amide bonds. The Bertz CT molecular complexity index is 1240. The van der Waals surface area contributed by atoms with Crippen molar-refractivity contribution in [1.82, 2.24) is 4.31 Å². The highest BCUT2D eigenvalue weighted by atomic mass is 32.2. The van der Waals surface area contributed by atoms with Gasteiger partial charge in [0.1, 0.15) is 16.5 Å². The van der Waals surface area contributed by atoms with Crippen LogP contribution in [0, 0.1) is 5.82 Å². The minimum atomic E-state index is -4.11. The molecule has 0 radical (unpaired) electrons. The van der Waals surface area contributed by atoms with Gasteiger partial charge >= 0.3 is 0 Å². The molecular weight excluding hydrogens is 445 g/mol. The van der Waals surface area contributed by atoms with Crippen LogP contribution in [-0.2, 0) is 10.0 Å². The summed E-state index contributed by atoms with van der Waals surface area (Å²) in [6.07, 6.45) is 0. The number of piperazine rings is 1. The van der Waals surface area contributed by atoms with Crippen molar-refractivity contribution in [2.45, 2.75) is 4.90 Å². The number of benzene rings is 3. The first-order valence-corrected chi connectivity index (χ1v) is 11.9. The number of hydrogen-bond acceptors (Lipinski definition) is 5. The van der Waals surface area contributed by atoms with Gasteiger partial charge in [0.05, 0.1) is 7.11 Å². The molecule has 0 bridgehead atoms. The van der Waals surface area contributed by atoms with E-state index in [1.807, 2.05) is 30.3 Å². The number of ether oxygens (including phenoxy) is 1. The molecule has 4 rings (SSSR count). The van der Waals surface area contributed by atoms with Crippen LogP contribution in [-0.4, -0.2) is 51.9 Å². The molecular formula is C24H24FN3O4S. The van der Waals surface area contributed by atoms with Gasteiger partial charge in [0.25, 0.3) is 5.91 Å². The number of carbonyl (C=O) groups excluding carboxylic acids is 1. The molecule has 9 heteroatoms. The van der Waals surface area contributed by atoms with Crippen molar-refractivity contribution < 1.29 is 22.3 Å². The second-order valence-electron chi connectivity index (χ2n) is 7.56. The van der Waals surface area contributed by atoms with Crippen molar-refractivity contribution in [2.24, 2.45) is 0 Å². The van der Waals surface area contributed by atoms with E-state index in [0.717, 1.165) is 17.8 Å². The average molecular weight is 470 g/mol. The zero-order valence-corrected chi connectivity index (χ0v) is 18.9. The topological polar surface area (TPSA) is 78.9 Å². The number of nitrogens with one attached hydrogen (secondary N) is 1. The molecule has 0 saturated carbocycles. The number of carbonyl (C=O) groups is 1. The molecule has 3 aromatic rings. The molecule has 0 atom stereocenters. The second-order valence-corrected chi connectivity index (χ2v) is 9.46. The summed E-state index contributed by atoms with van der Waals surface area (Å²) >= 11 is 0. The predicted octanol–water partition coefficient (Wildman–Crippen LogP) is 3.60. The van der Waals surface area contributed by atoms with Crippen LogP contribution in [0.4, 0.5) is 15.8 Å². The summed E-state index contributed by atoms with van der Waals surface area (Å²) in [6.45, 7) is 1.41. The molecule has 33 heavy (non-hydrogen) atoms. The van der Waals surface area contributed by atoms with Gasteiger partial charge in [-0.1, -0.05) is 24.3 Å². The zero-order valence-electron chi connectivity index (χ0n) is 18.1. The number of hydrogen-bond donors (Lipinski definition) is 1. The molecule has 0 aromatic heterocycles. The fourth-order valence-electron chi connectivity index (χ4n) is 3.71. The lowest BCUT2D eigenvalue weighted by Crippen LogP contribution is -2.48. The fourth-order valence-corrected chi connectivity index (χ4v) is 5.22. The number of sulfonamides is 1. The standard InChI is InChI=1S/C24H24FN3O4S/c1-32-21-9-5-6-19(17-21)26-24(29)18-10-11-22(25)23(16-18)33(30,31)28-14-12-27(13-15-28)20-7-3-2-4-8-20/h2-11,16-17H,12-15H2,1H3,(H,26,29). The smallest absolute Gasteiger partial charge is 0.255 e. The van der Waals surface area contributed by atoms with E-state index in [1.54, 1.807) is 24.3 Å². The van der Waals surface area contributed by atoms with Crippen LogP contribution in [0.5, 0.6) is 5.75 Å². The minimum Gasteiger partial charge on any atom is -0.497 e. The van der Waals surface area contributed by atoms with Gasteiger partial charge in [-0.15, -0.1) is 0 Å². The van der Waals surface area contributed by atoms with E-state index in [0.29, 0.717) is 24.5 Å². The number of rotatable bonds is 6. The van der Waals surface area contributed by atoms with Crippen LogP contribution in [0.2, 0.25) is 0 Å². The lowest BCUT2D eigenvalue weighted by molar-refractivity contribution is 0.102. The highest BCUT2D eigenvalue weighted by Gasteiger charge is 2.31. The van der Waals surface area contributed by atoms with Crippen LogP contribution < -0.4 is 15.0 Å². The third kappa shape index (κ3) is 4.99. The molecule has 7 nitrogen and oxygen atoms in total. The Kier molecular flexibility index (Phi) is 6.62. The minimum absolute atomic E-state index is 0.0423. The van der Waals surface area contributed by atoms with Gasteiger partial charge in [-0.05, 0) is 42.5 Å². The summed E-state index contributed by atoms with van der Waals surface area (Å²) in [5, 5.41) is 2.68. The number of anilines is 2. The summed E-state index contributed by atoms with van der Waals surface area (Å²) in [4.78, 5) is 14.3. The predicted molar refractivity (Wildman–Crippen MR) is 125 cm³/mol. The summed E-state index contributed by atoms with van der Waals surface area (Å²) in [7, 11) is -2.59. The number of methoxy groups -OCH3 is 1. The zero-order chi connectivity index (χ0) is 23.4. The number of halogens is 1. The lowest BCUT2D eigenvalue weighted by Gasteiger charge is -2.35. The van der Waals surface area contributed by atoms with Gasteiger partial charge in [0.15, 0.2) is 0 Å². The molecule has 1 fully saturated rings. The average Bonchev–Trinajstić information content (AvgIpc) is 2.85. The SMILES string of the molecule is COc1cccc(NC(=O)c2ccc(F)c(S(=O)(=O)N3CCN(c4ccccc4)CC3)c2)c1. The molecule has 1 heterocycles. The van der Waals surface area contributed by atoms with Gasteiger partial charge < -0.3 is 15.0 Å². The van der Waals surface area contributed by atoms with E-state index in [2.05, 4.69) is 10.2 Å². The Morgan fingerprint density at radius 3 is 2.36 bits per heavy atom. The van der Waals surface area contributed by atoms with Crippen molar-refractivity contribution >= 4 is 27.3 Å². The van der Waals surface area contributed by atoms with Crippen LogP contribution in [0.15, 0.2) is 77.7 Å². The van der Waals surface area contributed by atoms with Gasteiger partial charge in [-0.25, -0.2) is 12.8 Å². The highest BCUT2D eigenvalue weighted by Crippen LogP contribution is 2.25. The molecule has 1 aliphatic heterocycles. The first kappa shape index (κ1) is 22.8. The quantitative estimate of drug-likeness (QED) is 0.597. The maximum absolute atomic E-state index is 14.6. The fraction of sp³-hybridized carbons (Fsp3) is 0.208. The third-order valence-corrected chi connectivity index (χ3v) is 7.41. The molecule has 0 spiro atoms. The number of para-hydroxylation sites is 1. The van der Waals surface area contributed by atoms with Gasteiger partial charge in [-0.3, -0.25) is 4.79 Å². The van der Waals surface area contributed by atoms with Crippen molar-refractivity contribution in [3.05, 3.63) is 84.2 Å². The van der Waals surface area contributed by atoms with E-state index in [4.69, 9.17) is 4.74 Å². The molecule has 3 aromatic carbocycles. The second kappa shape index (κ2) is 9.60. The Morgan fingerprint density at radius 2 is 1.67 bits per heavy atom. The normalized spacial score (nSPS) is 14.7. The summed E-state index contributed by atoms with van der Waals surface area (Å²) < 4.78 is 47.4. The first-order chi connectivity index (χ1) is 15.9. The molecule has 1 saturated heterocycles. The van der Waals surface area contributed by atoms with E-state index in [9.17, 15) is 17.6 Å². The van der Waals surface area contributed by atoms with E-state index in [-0.39, 0.29) is 18.7 Å². The maximum Gasteiger partial charge on any atom is 0.255 e. The summed E-state index contributed by atoms with van der Waals surface area (Å²) in [5.74, 6) is -0.878. The van der Waals surface area contributed by atoms with Crippen LogP contribution in [0.3, 0.4) is 0 Å². The molecule has 1 aliphatic rings. The third-order valence-electron chi connectivity index (χ3n) is 5.50. The van der Waals surface area contributed by atoms with Crippen molar-refractivity contribution in [3.8, 4) is 5.75 Å². The van der Waals surface area contributed by atoms with E-state index < -0.39 is 26.6 Å². The van der Waals surface area contributed by atoms with Crippen molar-refractivity contribution in [2.75, 3.05) is 43.5 Å². The van der Waals surface area contributed by atoms with Crippen LogP contribution in [0.1, 0.15) is 10.4 Å². The van der Waals surface area contributed by atoms with E-state index in [1.165, 1.54) is 17.5 Å². The van der Waals surface area contributed by atoms with Crippen LogP contribution >= 0.6 is 0 Å². The largest absolute Gasteiger partial charge is 0.497 e. The van der Waals surface area contributed by atoms with Crippen molar-refractivity contribution in [3.63, 3.8) is 0 Å². The Balaban J connectivity index is 1.51. The Hall–Kier alpha value is -3.43. The molecule has 0 aliphatic carbocycles. The van der Waals surface area contributed by atoms with Crippen molar-refractivity contribution in [1.29, 1.82) is 0 Å². The van der Waals surface area contributed by atoms with Gasteiger partial charge in [0, 0.05) is 49.2 Å².